The number of thiocarbonyl (C=S) groups is 1. The van der Waals surface area contributed by atoms with Gasteiger partial charge in [0.25, 0.3) is 0 Å². The summed E-state index contributed by atoms with van der Waals surface area (Å²) < 4.78 is 30.4. The molecule has 0 aliphatic rings. The summed E-state index contributed by atoms with van der Waals surface area (Å²) in [5.74, 6) is 0.0298. The van der Waals surface area contributed by atoms with Gasteiger partial charge < -0.3 is 24.8 Å². The quantitative estimate of drug-likeness (QED) is 0.199. The molecule has 0 aromatic carbocycles. The first-order valence-electron chi connectivity index (χ1n) is 3.74. The summed E-state index contributed by atoms with van der Waals surface area (Å²) in [6.07, 6.45) is 0. The first-order chi connectivity index (χ1) is 9.13. The minimum atomic E-state index is 0. The molecule has 9 heteroatoms. The molecule has 0 atom stereocenters. The van der Waals surface area contributed by atoms with Crippen LogP contribution in [0.2, 0.25) is 0 Å². The van der Waals surface area contributed by atoms with Crippen LogP contribution in [-0.2, 0) is 48.3 Å². The largest absolute Gasteiger partial charge is 0 e. The zero-order valence-electron chi connectivity index (χ0n) is 9.80. The van der Waals surface area contributed by atoms with Crippen molar-refractivity contribution in [2.75, 3.05) is 0 Å². The van der Waals surface area contributed by atoms with Crippen LogP contribution in [0.25, 0.3) is 0 Å². The molecule has 1 heterocycles. The maximum absolute atomic E-state index is 10.9. The molecule has 0 saturated carbocycles. The van der Waals surface area contributed by atoms with Crippen molar-refractivity contribution in [1.29, 1.82) is 0 Å². The average Bonchev–Trinajstić information content (AvgIpc) is 2.97. The summed E-state index contributed by atoms with van der Waals surface area (Å²) in [4.78, 5) is 11.6. The molecule has 1 rings (SSSR count). The van der Waals surface area contributed by atoms with E-state index in [0.29, 0.717) is 9.07 Å². The van der Waals surface area contributed by atoms with Crippen molar-refractivity contribution in [3.8, 4) is 0 Å². The van der Waals surface area contributed by atoms with Crippen molar-refractivity contribution in [3.05, 3.63) is 48.5 Å². The Kier molecular flexibility index (Phi) is 42.0. The topological polar surface area (TPSA) is 96.7 Å². The molecular weight excluding hydrogens is 363 g/mol. The van der Waals surface area contributed by atoms with Gasteiger partial charge in [-0.15, -0.1) is 15.5 Å². The Bertz CT molecular complexity index is 407. The normalized spacial score (nSPS) is 5.65. The molecule has 0 amide bonds. The van der Waals surface area contributed by atoms with E-state index >= 15 is 0 Å². The first-order valence-corrected chi connectivity index (χ1v) is 5.44. The van der Waals surface area contributed by atoms with Gasteiger partial charge in [0.2, 0.25) is 0 Å². The van der Waals surface area contributed by atoms with Gasteiger partial charge in [0.05, 0.1) is 4.88 Å². The van der Waals surface area contributed by atoms with Crippen LogP contribution < -0.4 is 0 Å². The Morgan fingerprint density at radius 2 is 1.50 bits per heavy atom. The Labute approximate surface area is 141 Å². The van der Waals surface area contributed by atoms with Crippen LogP contribution in [0.5, 0.6) is 0 Å². The summed E-state index contributed by atoms with van der Waals surface area (Å²) in [5, 5.41) is 1.82. The molecule has 0 N–H and O–H groups in total. The zero-order chi connectivity index (χ0) is 16.4. The van der Waals surface area contributed by atoms with Gasteiger partial charge in [0, 0.05) is 17.1 Å². The summed E-state index contributed by atoms with van der Waals surface area (Å²) in [6, 6.07) is 1.79. The van der Waals surface area contributed by atoms with E-state index < -0.39 is 0 Å². The molecule has 0 spiro atoms. The Morgan fingerprint density at radius 3 is 1.70 bits per heavy atom. The fraction of sp³-hybridized carbons (Fsp3) is 0.0909. The van der Waals surface area contributed by atoms with Crippen LogP contribution >= 0.6 is 23.6 Å². The van der Waals surface area contributed by atoms with E-state index in [1.165, 1.54) is 18.3 Å². The third-order valence-corrected chi connectivity index (χ3v) is 2.66. The Hall–Kier alpha value is -0.841. The second-order valence-electron chi connectivity index (χ2n) is 2.01. The summed E-state index contributed by atoms with van der Waals surface area (Å²) in [7, 11) is 0. The van der Waals surface area contributed by atoms with Gasteiger partial charge >= 0.3 is 45.2 Å². The van der Waals surface area contributed by atoms with Crippen LogP contribution in [0, 0.1) is 26.6 Å². The molecule has 0 aliphatic heterocycles. The average molecular weight is 368 g/mol. The molecular formula is C11H5MnO5S3-. The van der Waals surface area contributed by atoms with Crippen molar-refractivity contribution < 1.29 is 40.5 Å². The van der Waals surface area contributed by atoms with Gasteiger partial charge in [-0.3, -0.25) is 4.79 Å². The van der Waals surface area contributed by atoms with E-state index in [9.17, 15) is 4.79 Å². The molecule has 5 nitrogen and oxygen atoms in total. The maximum atomic E-state index is 10.9. The third kappa shape index (κ3) is 15.2. The minimum Gasteiger partial charge on any atom is 0 e. The smallest absolute Gasteiger partial charge is 0 e. The van der Waals surface area contributed by atoms with E-state index in [1.54, 1.807) is 6.07 Å². The van der Waals surface area contributed by atoms with Gasteiger partial charge in [0.15, 0.2) is 5.78 Å². The molecule has 0 fully saturated rings. The Morgan fingerprint density at radius 1 is 1.15 bits per heavy atom. The van der Waals surface area contributed by atoms with Crippen molar-refractivity contribution in [2.45, 2.75) is 6.92 Å². The second kappa shape index (κ2) is 26.7. The minimum absolute atomic E-state index is 0. The zero-order valence-corrected chi connectivity index (χ0v) is 13.4. The van der Waals surface area contributed by atoms with Crippen LogP contribution in [0.3, 0.4) is 0 Å². The fourth-order valence-corrected chi connectivity index (χ4v) is 2.02. The van der Waals surface area contributed by atoms with E-state index in [4.69, 9.17) is 43.5 Å². The van der Waals surface area contributed by atoms with Crippen LogP contribution in [0.1, 0.15) is 22.2 Å². The number of hydrogen-bond acceptors (Lipinski definition) is 4. The molecule has 1 aromatic heterocycles. The van der Waals surface area contributed by atoms with E-state index in [1.807, 2.05) is 5.38 Å². The number of thiophene rings is 1. The fourth-order valence-electron chi connectivity index (χ4n) is 0.743. The second-order valence-corrected chi connectivity index (χ2v) is 4.00. The molecule has 0 saturated heterocycles. The summed E-state index contributed by atoms with van der Waals surface area (Å²) in [6.45, 7) is 19.5. The Balaban J connectivity index is -0.0000000722. The van der Waals surface area contributed by atoms with Crippen LogP contribution in [0.4, 0.5) is 0 Å². The van der Waals surface area contributed by atoms with Gasteiger partial charge in [-0.05, 0) is 23.9 Å². The molecule has 0 aliphatic carbocycles. The number of Topliss-reactive ketones (excluding diaryl/α,β-unsaturated/α-hetero) is 1. The van der Waals surface area contributed by atoms with E-state index in [0.717, 1.165) is 5.56 Å². The van der Waals surface area contributed by atoms with Crippen LogP contribution in [0.15, 0.2) is 11.4 Å². The predicted octanol–water partition coefficient (Wildman–Crippen LogP) is 2.02. The number of ketones is 1. The molecule has 0 bridgehead atoms. The molecule has 20 heavy (non-hydrogen) atoms. The number of carbonyl (C=O) groups excluding carboxylic acids is 1. The van der Waals surface area contributed by atoms with Crippen molar-refractivity contribution >= 4 is 46.2 Å². The van der Waals surface area contributed by atoms with Gasteiger partial charge in [-0.2, -0.15) is 0 Å². The molecule has 105 valence electrons. The number of carbonyl (C=O) groups is 1. The maximum Gasteiger partial charge on any atom is 0 e. The molecule has 0 unspecified atom stereocenters. The van der Waals surface area contributed by atoms with Crippen molar-refractivity contribution in [3.63, 3.8) is 0 Å². The van der Waals surface area contributed by atoms with E-state index in [-0.39, 0.29) is 22.9 Å². The SMILES string of the molecule is CC(=O)c1sccc1C(=S)[S-].[C-]#[O+].[C-]#[O+].[C-]#[O+].[C-]#[O+].[Mn]. The predicted molar refractivity (Wildman–Crippen MR) is 69.1 cm³/mol. The molecule has 1 aromatic rings. The number of rotatable bonds is 2. The van der Waals surface area contributed by atoms with Crippen LogP contribution in [-0.4, -0.2) is 9.98 Å². The third-order valence-electron chi connectivity index (χ3n) is 1.20. The van der Waals surface area contributed by atoms with Crippen molar-refractivity contribution in [1.82, 2.24) is 0 Å². The summed E-state index contributed by atoms with van der Waals surface area (Å²) in [5.41, 5.74) is 0.729. The molecule has 1 radical (unpaired) electrons. The summed E-state index contributed by atoms with van der Waals surface area (Å²) >= 11 is 11.0. The van der Waals surface area contributed by atoms with Crippen molar-refractivity contribution in [2.24, 2.45) is 0 Å². The standard InChI is InChI=1S/C7H6OS3.4CO.Mn/c1-4(8)6-5(7(9)10)2-3-11-6;4*1-2;/h2-3H,1H3,(H,9,10);;;;;/p-1. The monoisotopic (exact) mass is 368 g/mol. The van der Waals surface area contributed by atoms with Gasteiger partial charge in [-0.25, -0.2) is 0 Å². The van der Waals surface area contributed by atoms with E-state index in [2.05, 4.69) is 26.6 Å². The number of hydrogen-bond donors (Lipinski definition) is 0. The van der Waals surface area contributed by atoms with Gasteiger partial charge in [0.1, 0.15) is 0 Å². The van der Waals surface area contributed by atoms with Gasteiger partial charge in [-0.1, -0.05) is 0 Å². The first kappa shape index (κ1) is 31.5.